The summed E-state index contributed by atoms with van der Waals surface area (Å²) >= 11 is 0. The van der Waals surface area contributed by atoms with Gasteiger partial charge in [-0.15, -0.1) is 0 Å². The van der Waals surface area contributed by atoms with E-state index in [0.29, 0.717) is 18.9 Å². The van der Waals surface area contributed by atoms with Crippen molar-refractivity contribution >= 4 is 11.8 Å². The molecule has 0 saturated heterocycles. The van der Waals surface area contributed by atoms with Crippen LogP contribution in [0.4, 0.5) is 11.8 Å². The highest BCUT2D eigenvalue weighted by Crippen LogP contribution is 2.25. The molecule has 5 nitrogen and oxygen atoms in total. The lowest BCUT2D eigenvalue weighted by Crippen LogP contribution is -2.14. The van der Waals surface area contributed by atoms with E-state index in [2.05, 4.69) is 35.2 Å². The third-order valence-electron chi connectivity index (χ3n) is 3.07. The van der Waals surface area contributed by atoms with E-state index in [9.17, 15) is 0 Å². The highest BCUT2D eigenvalue weighted by molar-refractivity contribution is 5.68. The van der Waals surface area contributed by atoms with Crippen LogP contribution in [0.5, 0.6) is 0 Å². The van der Waals surface area contributed by atoms with Crippen molar-refractivity contribution in [3.8, 4) is 11.3 Å². The van der Waals surface area contributed by atoms with Crippen molar-refractivity contribution in [1.29, 1.82) is 0 Å². The summed E-state index contributed by atoms with van der Waals surface area (Å²) in [4.78, 5) is 8.46. The number of anilines is 2. The number of nitrogens with two attached hydrogens (primary N) is 2. The van der Waals surface area contributed by atoms with Crippen molar-refractivity contribution in [3.63, 3.8) is 0 Å². The van der Waals surface area contributed by atoms with Gasteiger partial charge in [0.15, 0.2) is 0 Å². The molecule has 5 N–H and O–H groups in total. The number of hydrogen-bond acceptors (Lipinski definition) is 5. The lowest BCUT2D eigenvalue weighted by molar-refractivity contribution is 1.01. The van der Waals surface area contributed by atoms with Crippen molar-refractivity contribution in [1.82, 2.24) is 9.97 Å². The van der Waals surface area contributed by atoms with Gasteiger partial charge >= 0.3 is 0 Å². The summed E-state index contributed by atoms with van der Waals surface area (Å²) in [5.41, 5.74) is 15.6. The molecule has 0 radical (unpaired) electrons. The zero-order valence-corrected chi connectivity index (χ0v) is 11.3. The molecule has 0 fully saturated rings. The van der Waals surface area contributed by atoms with E-state index in [1.54, 1.807) is 0 Å². The Balaban J connectivity index is 2.44. The summed E-state index contributed by atoms with van der Waals surface area (Å²) in [6.45, 7) is 5.36. The Morgan fingerprint density at radius 1 is 1.21 bits per heavy atom. The van der Waals surface area contributed by atoms with Gasteiger partial charge in [0.2, 0.25) is 5.95 Å². The minimum absolute atomic E-state index is 0.262. The predicted octanol–water partition coefficient (Wildman–Crippen LogP) is 1.71. The molecule has 0 aliphatic heterocycles. The van der Waals surface area contributed by atoms with Crippen molar-refractivity contribution in [2.75, 3.05) is 24.1 Å². The highest BCUT2D eigenvalue weighted by atomic mass is 15.1. The van der Waals surface area contributed by atoms with Gasteiger partial charge in [0.1, 0.15) is 5.82 Å². The van der Waals surface area contributed by atoms with Crippen LogP contribution in [0, 0.1) is 13.8 Å². The van der Waals surface area contributed by atoms with Crippen LogP contribution in [0.3, 0.4) is 0 Å². The average Bonchev–Trinajstić information content (AvgIpc) is 2.39. The molecule has 1 aromatic heterocycles. The van der Waals surface area contributed by atoms with Crippen molar-refractivity contribution < 1.29 is 0 Å². The molecule has 0 aliphatic carbocycles. The summed E-state index contributed by atoms with van der Waals surface area (Å²) in [5.74, 6) is 0.965. The number of nitrogen functional groups attached to an aromatic ring is 1. The van der Waals surface area contributed by atoms with Gasteiger partial charge in [-0.1, -0.05) is 18.2 Å². The van der Waals surface area contributed by atoms with E-state index in [0.717, 1.165) is 11.3 Å². The molecule has 0 bridgehead atoms. The van der Waals surface area contributed by atoms with Crippen molar-refractivity contribution in [2.24, 2.45) is 5.73 Å². The zero-order chi connectivity index (χ0) is 13.8. The maximum absolute atomic E-state index is 5.76. The fourth-order valence-corrected chi connectivity index (χ4v) is 1.92. The first kappa shape index (κ1) is 13.3. The quantitative estimate of drug-likeness (QED) is 0.776. The van der Waals surface area contributed by atoms with Gasteiger partial charge in [0.05, 0.1) is 5.69 Å². The molecule has 1 heterocycles. The fourth-order valence-electron chi connectivity index (χ4n) is 1.92. The normalized spacial score (nSPS) is 10.5. The summed E-state index contributed by atoms with van der Waals surface area (Å²) < 4.78 is 0. The van der Waals surface area contributed by atoms with Crippen LogP contribution in [0.15, 0.2) is 24.3 Å². The van der Waals surface area contributed by atoms with E-state index in [1.165, 1.54) is 11.1 Å². The average molecular weight is 257 g/mol. The molecular formula is C14H19N5. The number of rotatable bonds is 4. The minimum atomic E-state index is 0.262. The zero-order valence-electron chi connectivity index (χ0n) is 11.3. The Morgan fingerprint density at radius 2 is 2.00 bits per heavy atom. The third-order valence-corrected chi connectivity index (χ3v) is 3.07. The number of nitrogens with one attached hydrogen (secondary N) is 1. The lowest BCUT2D eigenvalue weighted by Gasteiger charge is -2.10. The predicted molar refractivity (Wildman–Crippen MR) is 78.9 cm³/mol. The lowest BCUT2D eigenvalue weighted by atomic mass is 10.0. The molecule has 5 heteroatoms. The largest absolute Gasteiger partial charge is 0.369 e. The second-order valence-electron chi connectivity index (χ2n) is 4.46. The molecule has 0 atom stereocenters. The van der Waals surface area contributed by atoms with Crippen LogP contribution in [-0.2, 0) is 0 Å². The number of benzene rings is 1. The van der Waals surface area contributed by atoms with E-state index < -0.39 is 0 Å². The summed E-state index contributed by atoms with van der Waals surface area (Å²) in [5, 5.41) is 3.12. The molecular weight excluding hydrogens is 238 g/mol. The van der Waals surface area contributed by atoms with E-state index >= 15 is 0 Å². The Labute approximate surface area is 113 Å². The topological polar surface area (TPSA) is 89.8 Å². The number of aryl methyl sites for hydroxylation is 1. The van der Waals surface area contributed by atoms with Crippen LogP contribution >= 0.6 is 0 Å². The van der Waals surface area contributed by atoms with Gasteiger partial charge < -0.3 is 16.8 Å². The first-order chi connectivity index (χ1) is 9.11. The number of hydrogen-bond donors (Lipinski definition) is 3. The molecule has 1 aromatic carbocycles. The fraction of sp³-hybridized carbons (Fsp3) is 0.286. The maximum atomic E-state index is 5.76. The molecule has 0 aliphatic rings. The summed E-state index contributed by atoms with van der Waals surface area (Å²) in [6, 6.07) is 8.03. The van der Waals surface area contributed by atoms with Crippen LogP contribution in [0.2, 0.25) is 0 Å². The smallest absolute Gasteiger partial charge is 0.222 e. The molecule has 0 unspecified atom stereocenters. The molecule has 2 aromatic rings. The van der Waals surface area contributed by atoms with Crippen LogP contribution in [0.25, 0.3) is 11.3 Å². The Kier molecular flexibility index (Phi) is 3.97. The van der Waals surface area contributed by atoms with Crippen LogP contribution in [0.1, 0.15) is 11.1 Å². The van der Waals surface area contributed by atoms with E-state index in [-0.39, 0.29) is 5.95 Å². The second kappa shape index (κ2) is 5.67. The van der Waals surface area contributed by atoms with E-state index in [4.69, 9.17) is 11.5 Å². The van der Waals surface area contributed by atoms with Crippen LogP contribution in [-0.4, -0.2) is 23.1 Å². The SMILES string of the molecule is Cc1cccc(-c2cc(NCCN)nc(N)n2)c1C. The molecule has 0 amide bonds. The molecule has 0 spiro atoms. The first-order valence-corrected chi connectivity index (χ1v) is 6.27. The standard InChI is InChI=1S/C14H19N5/c1-9-4-3-5-11(10(9)2)12-8-13(17-7-6-15)19-14(16)18-12/h3-5,8H,6-7,15H2,1-2H3,(H3,16,17,18,19). The minimum Gasteiger partial charge on any atom is -0.369 e. The Morgan fingerprint density at radius 3 is 2.74 bits per heavy atom. The first-order valence-electron chi connectivity index (χ1n) is 6.27. The molecule has 19 heavy (non-hydrogen) atoms. The van der Waals surface area contributed by atoms with Crippen molar-refractivity contribution in [2.45, 2.75) is 13.8 Å². The molecule has 0 saturated carbocycles. The van der Waals surface area contributed by atoms with Crippen molar-refractivity contribution in [3.05, 3.63) is 35.4 Å². The highest BCUT2D eigenvalue weighted by Gasteiger charge is 2.08. The Bertz CT molecular complexity index is 580. The second-order valence-corrected chi connectivity index (χ2v) is 4.46. The monoisotopic (exact) mass is 257 g/mol. The van der Waals surface area contributed by atoms with Crippen LogP contribution < -0.4 is 16.8 Å². The maximum Gasteiger partial charge on any atom is 0.222 e. The van der Waals surface area contributed by atoms with Gasteiger partial charge in [-0.3, -0.25) is 0 Å². The third kappa shape index (κ3) is 3.00. The van der Waals surface area contributed by atoms with Gasteiger partial charge in [-0.2, -0.15) is 4.98 Å². The van der Waals surface area contributed by atoms with Gasteiger partial charge in [-0.05, 0) is 25.0 Å². The summed E-state index contributed by atoms with van der Waals surface area (Å²) in [6.07, 6.45) is 0. The molecule has 2 rings (SSSR count). The van der Waals surface area contributed by atoms with Gasteiger partial charge in [-0.25, -0.2) is 4.98 Å². The van der Waals surface area contributed by atoms with Gasteiger partial charge in [0, 0.05) is 24.7 Å². The van der Waals surface area contributed by atoms with Gasteiger partial charge in [0.25, 0.3) is 0 Å². The number of aromatic nitrogens is 2. The molecule has 100 valence electrons. The Hall–Kier alpha value is -2.14. The van der Waals surface area contributed by atoms with E-state index in [1.807, 2.05) is 18.2 Å². The number of nitrogens with zero attached hydrogens (tertiary/aromatic N) is 2. The summed E-state index contributed by atoms with van der Waals surface area (Å²) in [7, 11) is 0.